The monoisotopic (exact) mass is 424 g/mol. The molecule has 2 aromatic rings. The number of halogens is 2. The summed E-state index contributed by atoms with van der Waals surface area (Å²) in [7, 11) is -3.97. The fourth-order valence-corrected chi connectivity index (χ4v) is 5.08. The van der Waals surface area contributed by atoms with E-state index in [1.165, 1.54) is 24.3 Å². The summed E-state index contributed by atoms with van der Waals surface area (Å²) in [6.45, 7) is 0.879. The van der Waals surface area contributed by atoms with Gasteiger partial charge in [0.05, 0.1) is 4.90 Å². The minimum absolute atomic E-state index is 0.00530. The Kier molecular flexibility index (Phi) is 5.13. The number of anilines is 1. The maximum absolute atomic E-state index is 13.4. The van der Waals surface area contributed by atoms with Gasteiger partial charge in [0.25, 0.3) is 0 Å². The molecule has 1 amide bonds. The fourth-order valence-electron chi connectivity index (χ4n) is 3.41. The third kappa shape index (κ3) is 3.77. The summed E-state index contributed by atoms with van der Waals surface area (Å²) in [5, 5.41) is 2.46. The van der Waals surface area contributed by atoms with Crippen LogP contribution < -0.4 is 14.8 Å². The molecule has 2 aliphatic rings. The normalized spacial score (nSPS) is 19.2. The second kappa shape index (κ2) is 7.60. The van der Waals surface area contributed by atoms with E-state index in [-0.39, 0.29) is 17.1 Å². The number of rotatable bonds is 4. The number of ether oxygens (including phenoxy) is 2. The second-order valence-corrected chi connectivity index (χ2v) is 8.59. The summed E-state index contributed by atoms with van der Waals surface area (Å²) in [5.74, 6) is -1.94. The van der Waals surface area contributed by atoms with Crippen molar-refractivity contribution in [2.75, 3.05) is 25.1 Å². The van der Waals surface area contributed by atoms with Crippen LogP contribution in [0.4, 0.5) is 14.5 Å². The van der Waals surface area contributed by atoms with Crippen molar-refractivity contribution in [3.05, 3.63) is 48.0 Å². The molecule has 0 saturated carbocycles. The van der Waals surface area contributed by atoms with Gasteiger partial charge in [-0.3, -0.25) is 4.79 Å². The molecule has 0 radical (unpaired) electrons. The molecule has 2 aromatic carbocycles. The summed E-state index contributed by atoms with van der Waals surface area (Å²) >= 11 is 0. The van der Waals surface area contributed by atoms with E-state index in [1.807, 2.05) is 0 Å². The van der Waals surface area contributed by atoms with Crippen LogP contribution in [0, 0.1) is 11.6 Å². The fraction of sp³-hybridized carbons (Fsp3) is 0.316. The van der Waals surface area contributed by atoms with E-state index in [0.29, 0.717) is 37.6 Å². The topological polar surface area (TPSA) is 84.9 Å². The maximum atomic E-state index is 13.4. The first-order valence-corrected chi connectivity index (χ1v) is 10.5. The van der Waals surface area contributed by atoms with Crippen molar-refractivity contribution in [3.8, 4) is 11.5 Å². The van der Waals surface area contributed by atoms with Crippen LogP contribution in [0.3, 0.4) is 0 Å². The first-order valence-electron chi connectivity index (χ1n) is 9.04. The number of fused-ring (bicyclic) bond motifs is 1. The predicted molar refractivity (Wildman–Crippen MR) is 99.3 cm³/mol. The van der Waals surface area contributed by atoms with Crippen molar-refractivity contribution in [1.82, 2.24) is 4.31 Å². The number of nitrogens with one attached hydrogen (secondary N) is 1. The summed E-state index contributed by atoms with van der Waals surface area (Å²) in [6.07, 6.45) is 0.818. The highest BCUT2D eigenvalue weighted by Gasteiger charge is 2.40. The Morgan fingerprint density at radius 1 is 1.03 bits per heavy atom. The van der Waals surface area contributed by atoms with Crippen LogP contribution in [-0.4, -0.2) is 44.4 Å². The van der Waals surface area contributed by atoms with Crippen molar-refractivity contribution in [3.63, 3.8) is 0 Å². The van der Waals surface area contributed by atoms with E-state index in [0.717, 1.165) is 16.4 Å². The number of nitrogens with zero attached hydrogens (tertiary/aromatic N) is 1. The number of hydrogen-bond donors (Lipinski definition) is 1. The number of benzene rings is 2. The Bertz CT molecular complexity index is 1060. The number of hydrogen-bond acceptors (Lipinski definition) is 5. The zero-order valence-corrected chi connectivity index (χ0v) is 16.0. The molecule has 4 rings (SSSR count). The van der Waals surface area contributed by atoms with Gasteiger partial charge in [-0.1, -0.05) is 0 Å². The van der Waals surface area contributed by atoms with Crippen molar-refractivity contribution in [2.45, 2.75) is 23.8 Å². The van der Waals surface area contributed by atoms with Gasteiger partial charge in [0.2, 0.25) is 15.9 Å². The summed E-state index contributed by atoms with van der Waals surface area (Å²) in [6, 6.07) is 6.31. The molecule has 10 heteroatoms. The Morgan fingerprint density at radius 2 is 1.79 bits per heavy atom. The number of carbonyl (C=O) groups is 1. The lowest BCUT2D eigenvalue weighted by atomic mass is 10.2. The zero-order valence-electron chi connectivity index (χ0n) is 15.2. The van der Waals surface area contributed by atoms with Gasteiger partial charge in [-0.15, -0.1) is 0 Å². The van der Waals surface area contributed by atoms with Gasteiger partial charge in [0, 0.05) is 24.4 Å². The van der Waals surface area contributed by atoms with E-state index in [9.17, 15) is 22.0 Å². The van der Waals surface area contributed by atoms with Crippen LogP contribution in [0.1, 0.15) is 12.8 Å². The van der Waals surface area contributed by atoms with Gasteiger partial charge in [0.1, 0.15) is 19.3 Å². The molecular formula is C19H18F2N2O5S. The van der Waals surface area contributed by atoms with Crippen molar-refractivity contribution in [1.29, 1.82) is 0 Å². The molecule has 29 heavy (non-hydrogen) atoms. The molecule has 0 spiro atoms. The number of carbonyl (C=O) groups excluding carboxylic acids is 1. The smallest absolute Gasteiger partial charge is 0.243 e. The van der Waals surface area contributed by atoms with Gasteiger partial charge in [-0.2, -0.15) is 4.31 Å². The number of sulfonamides is 1. The average Bonchev–Trinajstić information content (AvgIpc) is 3.21. The first kappa shape index (κ1) is 19.6. The number of amides is 1. The minimum Gasteiger partial charge on any atom is -0.486 e. The third-order valence-corrected chi connectivity index (χ3v) is 6.72. The van der Waals surface area contributed by atoms with E-state index < -0.39 is 33.6 Å². The predicted octanol–water partition coefficient (Wildman–Crippen LogP) is 2.53. The first-order chi connectivity index (χ1) is 13.9. The van der Waals surface area contributed by atoms with Crippen LogP contribution in [0.2, 0.25) is 0 Å². The van der Waals surface area contributed by atoms with E-state index in [1.54, 1.807) is 0 Å². The second-order valence-electron chi connectivity index (χ2n) is 6.70. The molecule has 1 saturated heterocycles. The average molecular weight is 424 g/mol. The molecule has 7 nitrogen and oxygen atoms in total. The largest absolute Gasteiger partial charge is 0.486 e. The van der Waals surface area contributed by atoms with Crippen LogP contribution in [0.25, 0.3) is 0 Å². The van der Waals surface area contributed by atoms with Crippen LogP contribution >= 0.6 is 0 Å². The van der Waals surface area contributed by atoms with Gasteiger partial charge < -0.3 is 14.8 Å². The van der Waals surface area contributed by atoms with Crippen LogP contribution in [0.15, 0.2) is 41.3 Å². The lowest BCUT2D eigenvalue weighted by Crippen LogP contribution is -2.43. The molecular weight excluding hydrogens is 406 g/mol. The quantitative estimate of drug-likeness (QED) is 0.815. The van der Waals surface area contributed by atoms with E-state index >= 15 is 0 Å². The summed E-state index contributed by atoms with van der Waals surface area (Å²) < 4.78 is 64.7. The van der Waals surface area contributed by atoms with Gasteiger partial charge in [-0.05, 0) is 37.1 Å². The molecule has 1 fully saturated rings. The molecule has 0 bridgehead atoms. The Morgan fingerprint density at radius 3 is 2.55 bits per heavy atom. The highest BCUT2D eigenvalue weighted by Crippen LogP contribution is 2.35. The molecule has 0 aliphatic carbocycles. The molecule has 1 atom stereocenters. The van der Waals surface area contributed by atoms with E-state index in [2.05, 4.69) is 5.32 Å². The van der Waals surface area contributed by atoms with Gasteiger partial charge in [-0.25, -0.2) is 17.2 Å². The Labute approximate surface area is 166 Å². The Hall–Kier alpha value is -2.72. The minimum atomic E-state index is -3.97. The van der Waals surface area contributed by atoms with Crippen molar-refractivity contribution < 1.29 is 31.5 Å². The van der Waals surface area contributed by atoms with Crippen LogP contribution in [-0.2, 0) is 14.8 Å². The van der Waals surface area contributed by atoms with E-state index in [4.69, 9.17) is 9.47 Å². The summed E-state index contributed by atoms with van der Waals surface area (Å²) in [4.78, 5) is 12.6. The van der Waals surface area contributed by atoms with Gasteiger partial charge in [0.15, 0.2) is 23.1 Å². The standard InChI is InChI=1S/C19H18F2N2O5S/c20-14-5-3-12(10-15(14)21)22-19(24)16-2-1-7-23(16)29(25,26)13-4-6-17-18(11-13)28-9-8-27-17/h3-6,10-11,16H,1-2,7-9H2,(H,22,24)/t16-/m0/s1. The highest BCUT2D eigenvalue weighted by atomic mass is 32.2. The van der Waals surface area contributed by atoms with Crippen molar-refractivity contribution >= 4 is 21.6 Å². The van der Waals surface area contributed by atoms with Crippen LogP contribution in [0.5, 0.6) is 11.5 Å². The lowest BCUT2D eigenvalue weighted by molar-refractivity contribution is -0.119. The zero-order chi connectivity index (χ0) is 20.6. The molecule has 2 aliphatic heterocycles. The molecule has 0 unspecified atom stereocenters. The third-order valence-electron chi connectivity index (χ3n) is 4.81. The van der Waals surface area contributed by atoms with Gasteiger partial charge >= 0.3 is 0 Å². The highest BCUT2D eigenvalue weighted by molar-refractivity contribution is 7.89. The Balaban J connectivity index is 1.56. The molecule has 2 heterocycles. The van der Waals surface area contributed by atoms with Crippen molar-refractivity contribution in [2.24, 2.45) is 0 Å². The SMILES string of the molecule is O=C(Nc1ccc(F)c(F)c1)[C@@H]1CCCN1S(=O)(=O)c1ccc2c(c1)OCCO2. The molecule has 154 valence electrons. The molecule has 1 N–H and O–H groups in total. The molecule has 0 aromatic heterocycles. The summed E-state index contributed by atoms with van der Waals surface area (Å²) in [5.41, 5.74) is 0.0532. The maximum Gasteiger partial charge on any atom is 0.243 e. The lowest BCUT2D eigenvalue weighted by Gasteiger charge is -2.24.